The maximum Gasteiger partial charge on any atom is 0.306 e. The van der Waals surface area contributed by atoms with Gasteiger partial charge in [-0.25, -0.2) is 0 Å². The fourth-order valence-corrected chi connectivity index (χ4v) is 10.9. The SMILES string of the molecule is CC/C=C\C/C=C\C/C=C\C/C=C\CCCCCCCCCCCCCCCCCCCCC(=O)OC(CO)COC(=O)CCCCCCCCCCCCCCCCCCCCCCCCCCCCCCCCCCC. The van der Waals surface area contributed by atoms with Crippen LogP contribution >= 0.6 is 0 Å². The highest BCUT2D eigenvalue weighted by molar-refractivity contribution is 5.70. The Morgan fingerprint density at radius 1 is 0.308 bits per heavy atom. The highest BCUT2D eigenvalue weighted by Crippen LogP contribution is 2.19. The van der Waals surface area contributed by atoms with Crippen LogP contribution in [0.2, 0.25) is 0 Å². The number of unbranched alkanes of at least 4 members (excludes halogenated alkanes) is 50. The molecule has 5 heteroatoms. The molecule has 0 aromatic rings. The highest BCUT2D eigenvalue weighted by Gasteiger charge is 2.16. The molecule has 1 unspecified atom stereocenters. The molecule has 1 atom stereocenters. The summed E-state index contributed by atoms with van der Waals surface area (Å²) in [5.74, 6) is -0.567. The van der Waals surface area contributed by atoms with E-state index >= 15 is 0 Å². The zero-order valence-corrected chi connectivity index (χ0v) is 52.7. The molecule has 0 saturated heterocycles. The second kappa shape index (κ2) is 69.1. The quantitative estimate of drug-likeness (QED) is 0.0373. The van der Waals surface area contributed by atoms with E-state index in [1.54, 1.807) is 0 Å². The lowest BCUT2D eigenvalue weighted by Crippen LogP contribution is -2.28. The molecule has 0 aromatic heterocycles. The number of allylic oxidation sites excluding steroid dienone is 8. The third-order valence-electron chi connectivity index (χ3n) is 16.1. The summed E-state index contributed by atoms with van der Waals surface area (Å²) in [6.45, 7) is 4.09. The molecule has 0 rings (SSSR count). The fourth-order valence-electron chi connectivity index (χ4n) is 10.9. The maximum atomic E-state index is 12.4. The summed E-state index contributed by atoms with van der Waals surface area (Å²) < 4.78 is 10.8. The number of hydrogen-bond donors (Lipinski definition) is 1. The summed E-state index contributed by atoms with van der Waals surface area (Å²) >= 11 is 0. The van der Waals surface area contributed by atoms with Crippen LogP contribution in [0.25, 0.3) is 0 Å². The number of ether oxygens (including phenoxy) is 2. The van der Waals surface area contributed by atoms with E-state index in [1.165, 1.54) is 302 Å². The Balaban J connectivity index is 3.38. The summed E-state index contributed by atoms with van der Waals surface area (Å²) in [6.07, 6.45) is 93.0. The minimum absolute atomic E-state index is 0.0598. The third kappa shape index (κ3) is 66.4. The largest absolute Gasteiger partial charge is 0.462 e. The standard InChI is InChI=1S/C73H136O5/c1-3-5-7-9-11-13-15-17-19-21-23-25-27-29-31-33-35-36-38-39-41-43-45-47-49-51-53-55-57-59-61-63-65-67-72(75)77-70-71(69-74)78-73(76)68-66-64-62-60-58-56-54-52-50-48-46-44-42-40-37-34-32-30-28-26-24-22-20-18-16-14-12-10-8-6-4-2/h6,8,12,14,18,20,24,26,71,74H,3-5,7,9-11,13,15-17,19,21-23,25,27-70H2,1-2H3/b8-6-,14-12-,20-18-,26-24-. The Labute approximate surface area is 488 Å². The molecule has 0 bridgehead atoms. The number of carbonyl (C=O) groups excluding carboxylic acids is 2. The van der Waals surface area contributed by atoms with Gasteiger partial charge < -0.3 is 14.6 Å². The third-order valence-corrected chi connectivity index (χ3v) is 16.1. The van der Waals surface area contributed by atoms with Crippen LogP contribution in [-0.4, -0.2) is 36.4 Å². The number of aliphatic hydroxyl groups is 1. The van der Waals surface area contributed by atoms with Gasteiger partial charge in [-0.15, -0.1) is 0 Å². The van der Waals surface area contributed by atoms with Crippen molar-refractivity contribution in [1.29, 1.82) is 0 Å². The summed E-state index contributed by atoms with van der Waals surface area (Å²) in [5, 5.41) is 9.70. The van der Waals surface area contributed by atoms with Crippen LogP contribution in [0.4, 0.5) is 0 Å². The zero-order chi connectivity index (χ0) is 56.2. The van der Waals surface area contributed by atoms with Gasteiger partial charge in [0.25, 0.3) is 0 Å². The predicted molar refractivity (Wildman–Crippen MR) is 344 cm³/mol. The van der Waals surface area contributed by atoms with Crippen molar-refractivity contribution >= 4 is 11.9 Å². The molecule has 0 heterocycles. The Hall–Kier alpha value is -2.14. The van der Waals surface area contributed by atoms with E-state index in [1.807, 2.05) is 0 Å². The van der Waals surface area contributed by atoms with Gasteiger partial charge in [-0.3, -0.25) is 9.59 Å². The van der Waals surface area contributed by atoms with E-state index in [0.717, 1.165) is 57.8 Å². The molecule has 0 aliphatic carbocycles. The van der Waals surface area contributed by atoms with Crippen LogP contribution in [-0.2, 0) is 19.1 Å². The molecule has 1 N–H and O–H groups in total. The van der Waals surface area contributed by atoms with Crippen molar-refractivity contribution in [2.75, 3.05) is 13.2 Å². The van der Waals surface area contributed by atoms with Gasteiger partial charge in [-0.2, -0.15) is 0 Å². The lowest BCUT2D eigenvalue weighted by molar-refractivity contribution is -0.161. The van der Waals surface area contributed by atoms with Gasteiger partial charge in [0, 0.05) is 12.8 Å². The van der Waals surface area contributed by atoms with Crippen LogP contribution in [0.3, 0.4) is 0 Å². The van der Waals surface area contributed by atoms with E-state index in [-0.39, 0.29) is 25.2 Å². The average molecular weight is 1090 g/mol. The Kier molecular flexibility index (Phi) is 67.2. The Morgan fingerprint density at radius 2 is 0.551 bits per heavy atom. The normalized spacial score (nSPS) is 12.4. The topological polar surface area (TPSA) is 72.8 Å². The molecule has 0 aliphatic rings. The van der Waals surface area contributed by atoms with Crippen LogP contribution in [0.5, 0.6) is 0 Å². The number of aliphatic hydroxyl groups excluding tert-OH is 1. The lowest BCUT2D eigenvalue weighted by Gasteiger charge is -2.15. The molecule has 0 amide bonds. The number of carbonyl (C=O) groups is 2. The second-order valence-electron chi connectivity index (χ2n) is 23.9. The number of rotatable bonds is 66. The van der Waals surface area contributed by atoms with Crippen molar-refractivity contribution in [3.05, 3.63) is 48.6 Å². The van der Waals surface area contributed by atoms with Crippen molar-refractivity contribution in [2.45, 2.75) is 392 Å². The van der Waals surface area contributed by atoms with E-state index in [2.05, 4.69) is 62.5 Å². The molecule has 0 aliphatic heterocycles. The highest BCUT2D eigenvalue weighted by atomic mass is 16.6. The first kappa shape index (κ1) is 75.9. The van der Waals surface area contributed by atoms with Gasteiger partial charge >= 0.3 is 11.9 Å². The van der Waals surface area contributed by atoms with Crippen molar-refractivity contribution < 1.29 is 24.2 Å². The van der Waals surface area contributed by atoms with Crippen LogP contribution in [0, 0.1) is 0 Å². The molecule has 0 aromatic carbocycles. The molecule has 0 saturated carbocycles. The molecular weight excluding hydrogens is 957 g/mol. The van der Waals surface area contributed by atoms with E-state index in [9.17, 15) is 14.7 Å². The fraction of sp³-hybridized carbons (Fsp3) is 0.863. The minimum Gasteiger partial charge on any atom is -0.462 e. The van der Waals surface area contributed by atoms with Gasteiger partial charge in [0.05, 0.1) is 6.61 Å². The summed E-state index contributed by atoms with van der Waals surface area (Å²) in [5.41, 5.74) is 0. The molecule has 0 spiro atoms. The minimum atomic E-state index is -0.771. The van der Waals surface area contributed by atoms with Gasteiger partial charge in [0.15, 0.2) is 6.10 Å². The van der Waals surface area contributed by atoms with Crippen molar-refractivity contribution in [3.8, 4) is 0 Å². The smallest absolute Gasteiger partial charge is 0.306 e. The first-order chi connectivity index (χ1) is 38.6. The van der Waals surface area contributed by atoms with Crippen molar-refractivity contribution in [2.24, 2.45) is 0 Å². The molecule has 458 valence electrons. The zero-order valence-electron chi connectivity index (χ0n) is 52.7. The average Bonchev–Trinajstić information content (AvgIpc) is 3.44. The molecule has 78 heavy (non-hydrogen) atoms. The maximum absolute atomic E-state index is 12.4. The molecule has 5 nitrogen and oxygen atoms in total. The van der Waals surface area contributed by atoms with Gasteiger partial charge in [-0.1, -0.05) is 371 Å². The first-order valence-electron chi connectivity index (χ1n) is 35.2. The second-order valence-corrected chi connectivity index (χ2v) is 23.9. The molecule has 0 radical (unpaired) electrons. The van der Waals surface area contributed by atoms with Crippen molar-refractivity contribution in [1.82, 2.24) is 0 Å². The van der Waals surface area contributed by atoms with E-state index in [0.29, 0.717) is 12.8 Å². The lowest BCUT2D eigenvalue weighted by atomic mass is 10.0. The molecule has 0 fully saturated rings. The van der Waals surface area contributed by atoms with E-state index in [4.69, 9.17) is 9.47 Å². The Bertz CT molecular complexity index is 1280. The van der Waals surface area contributed by atoms with Crippen LogP contribution < -0.4 is 0 Å². The van der Waals surface area contributed by atoms with E-state index < -0.39 is 6.10 Å². The summed E-state index contributed by atoms with van der Waals surface area (Å²) in [4.78, 5) is 24.7. The van der Waals surface area contributed by atoms with Crippen molar-refractivity contribution in [3.63, 3.8) is 0 Å². The van der Waals surface area contributed by atoms with Crippen LogP contribution in [0.1, 0.15) is 386 Å². The van der Waals surface area contributed by atoms with Gasteiger partial charge in [0.1, 0.15) is 6.61 Å². The number of esters is 2. The summed E-state index contributed by atoms with van der Waals surface area (Å²) in [7, 11) is 0. The van der Waals surface area contributed by atoms with Gasteiger partial charge in [0.2, 0.25) is 0 Å². The number of hydrogen-bond acceptors (Lipinski definition) is 5. The first-order valence-corrected chi connectivity index (χ1v) is 35.2. The molecular formula is C73H136O5. The van der Waals surface area contributed by atoms with Crippen LogP contribution in [0.15, 0.2) is 48.6 Å². The summed E-state index contributed by atoms with van der Waals surface area (Å²) in [6, 6.07) is 0. The Morgan fingerprint density at radius 3 is 0.833 bits per heavy atom. The monoisotopic (exact) mass is 1090 g/mol. The predicted octanol–water partition coefficient (Wildman–Crippen LogP) is 24.3. The van der Waals surface area contributed by atoms with Gasteiger partial charge in [-0.05, 0) is 51.4 Å².